The van der Waals surface area contributed by atoms with E-state index in [1.807, 2.05) is 6.26 Å². The third-order valence-corrected chi connectivity index (χ3v) is 3.70. The molecule has 0 bridgehead atoms. The molecule has 15 heavy (non-hydrogen) atoms. The number of rotatable bonds is 3. The van der Waals surface area contributed by atoms with Crippen LogP contribution in [0.5, 0.6) is 0 Å². The fourth-order valence-electron chi connectivity index (χ4n) is 1.84. The van der Waals surface area contributed by atoms with Gasteiger partial charge >= 0.3 is 58.4 Å². The van der Waals surface area contributed by atoms with Crippen molar-refractivity contribution in [1.82, 2.24) is 4.90 Å². The summed E-state index contributed by atoms with van der Waals surface area (Å²) in [6.45, 7) is -3.43. The molecule has 0 aromatic heterocycles. The van der Waals surface area contributed by atoms with Gasteiger partial charge in [0.15, 0.2) is 0 Å². The van der Waals surface area contributed by atoms with Crippen LogP contribution >= 0.6 is 11.8 Å². The summed E-state index contributed by atoms with van der Waals surface area (Å²) < 4.78 is 36.5. The average Bonchev–Trinajstić information content (AvgIpc) is 2.27. The van der Waals surface area contributed by atoms with Gasteiger partial charge < -0.3 is 17.8 Å². The molecule has 0 aliphatic carbocycles. The first-order chi connectivity index (χ1) is 6.51. The Balaban J connectivity index is 0.00000196. The SMILES string of the molecule is CSC1CCCN(C[B-](F)(F)F)CC1.[K+]. The fraction of sp³-hybridized carbons (Fsp3) is 1.00. The monoisotopic (exact) mass is 265 g/mol. The molecule has 0 amide bonds. The minimum Gasteiger partial charge on any atom is -0.448 e. The number of halogens is 3. The number of likely N-dealkylation sites (tertiary alicyclic amines) is 1. The first-order valence-electron chi connectivity index (χ1n) is 4.97. The molecule has 1 aliphatic rings. The van der Waals surface area contributed by atoms with Crippen molar-refractivity contribution in [2.45, 2.75) is 24.5 Å². The van der Waals surface area contributed by atoms with E-state index in [0.29, 0.717) is 18.3 Å². The zero-order valence-corrected chi connectivity index (χ0v) is 13.3. The van der Waals surface area contributed by atoms with E-state index >= 15 is 0 Å². The van der Waals surface area contributed by atoms with Crippen molar-refractivity contribution in [1.29, 1.82) is 0 Å². The second kappa shape index (κ2) is 8.00. The molecule has 1 nitrogen and oxygen atoms in total. The van der Waals surface area contributed by atoms with E-state index in [9.17, 15) is 12.9 Å². The molecular weight excluding hydrogens is 249 g/mol. The van der Waals surface area contributed by atoms with Crippen LogP contribution in [0.1, 0.15) is 19.3 Å². The predicted octanol–water partition coefficient (Wildman–Crippen LogP) is -0.405. The Labute approximate surface area is 136 Å². The van der Waals surface area contributed by atoms with Crippen molar-refractivity contribution >= 4 is 18.7 Å². The van der Waals surface area contributed by atoms with Gasteiger partial charge in [-0.3, -0.25) is 0 Å². The summed E-state index contributed by atoms with van der Waals surface area (Å²) in [4.78, 5) is 1.55. The minimum atomic E-state index is -4.64. The van der Waals surface area contributed by atoms with E-state index < -0.39 is 13.4 Å². The number of hydrogen-bond donors (Lipinski definition) is 0. The molecule has 1 unspecified atom stereocenters. The topological polar surface area (TPSA) is 3.24 Å². The Morgan fingerprint density at radius 3 is 2.47 bits per heavy atom. The van der Waals surface area contributed by atoms with Gasteiger partial charge in [-0.1, -0.05) is 0 Å². The molecule has 0 N–H and O–H groups in total. The molecule has 1 aliphatic heterocycles. The second-order valence-electron chi connectivity index (χ2n) is 3.80. The van der Waals surface area contributed by atoms with Gasteiger partial charge in [0.1, 0.15) is 0 Å². The second-order valence-corrected chi connectivity index (χ2v) is 4.94. The smallest absolute Gasteiger partial charge is 0.448 e. The van der Waals surface area contributed by atoms with Gasteiger partial charge in [-0.2, -0.15) is 11.8 Å². The molecule has 0 aromatic rings. The van der Waals surface area contributed by atoms with Crippen LogP contribution in [0.25, 0.3) is 0 Å². The molecule has 0 spiro atoms. The molecule has 0 aromatic carbocycles. The maximum atomic E-state index is 12.2. The summed E-state index contributed by atoms with van der Waals surface area (Å²) in [6, 6.07) is 0. The van der Waals surface area contributed by atoms with Gasteiger partial charge in [-0.25, -0.2) is 0 Å². The average molecular weight is 265 g/mol. The minimum absolute atomic E-state index is 0. The molecule has 0 radical (unpaired) electrons. The van der Waals surface area contributed by atoms with Crippen LogP contribution in [0.3, 0.4) is 0 Å². The summed E-state index contributed by atoms with van der Waals surface area (Å²) in [7, 11) is 0. The van der Waals surface area contributed by atoms with E-state index in [4.69, 9.17) is 0 Å². The quantitative estimate of drug-likeness (QED) is 0.639. The molecule has 1 fully saturated rings. The molecule has 1 saturated heterocycles. The number of thioether (sulfide) groups is 1. The van der Waals surface area contributed by atoms with E-state index in [-0.39, 0.29) is 51.4 Å². The fourth-order valence-corrected chi connectivity index (χ4v) is 2.58. The van der Waals surface area contributed by atoms with E-state index in [1.54, 1.807) is 16.7 Å². The third-order valence-electron chi connectivity index (χ3n) is 2.57. The van der Waals surface area contributed by atoms with Crippen LogP contribution in [0.4, 0.5) is 12.9 Å². The summed E-state index contributed by atoms with van der Waals surface area (Å²) >= 11 is 1.78. The zero-order valence-electron chi connectivity index (χ0n) is 9.39. The Kier molecular flexibility index (Phi) is 8.96. The van der Waals surface area contributed by atoms with E-state index in [1.165, 1.54) is 0 Å². The summed E-state index contributed by atoms with van der Waals surface area (Å²) in [6.07, 6.45) is 4.21. The number of hydrogen-bond acceptors (Lipinski definition) is 2. The van der Waals surface area contributed by atoms with Crippen LogP contribution in [0.15, 0.2) is 0 Å². The van der Waals surface area contributed by atoms with Gasteiger partial charge in [0.25, 0.3) is 0 Å². The molecule has 84 valence electrons. The Morgan fingerprint density at radius 2 is 1.93 bits per heavy atom. The van der Waals surface area contributed by atoms with Crippen LogP contribution in [0.2, 0.25) is 0 Å². The zero-order chi connectivity index (χ0) is 10.6. The predicted molar refractivity (Wildman–Crippen MR) is 56.7 cm³/mol. The van der Waals surface area contributed by atoms with Gasteiger partial charge in [0, 0.05) is 5.25 Å². The first kappa shape index (κ1) is 16.8. The first-order valence-corrected chi connectivity index (χ1v) is 6.26. The van der Waals surface area contributed by atoms with Crippen molar-refractivity contribution in [3.63, 3.8) is 0 Å². The van der Waals surface area contributed by atoms with Gasteiger partial charge in [-0.05, 0) is 45.1 Å². The van der Waals surface area contributed by atoms with Crippen LogP contribution in [-0.2, 0) is 0 Å². The molecule has 1 atom stereocenters. The van der Waals surface area contributed by atoms with Crippen molar-refractivity contribution in [3.05, 3.63) is 0 Å². The van der Waals surface area contributed by atoms with Crippen molar-refractivity contribution in [2.24, 2.45) is 0 Å². The van der Waals surface area contributed by atoms with Gasteiger partial charge in [-0.15, -0.1) is 0 Å². The molecule has 1 rings (SSSR count). The largest absolute Gasteiger partial charge is 1.00 e. The molecule has 7 heteroatoms. The molecular formula is C8H16BF3KNS. The maximum Gasteiger partial charge on any atom is 1.00 e. The van der Waals surface area contributed by atoms with E-state index in [0.717, 1.165) is 19.3 Å². The summed E-state index contributed by atoms with van der Waals surface area (Å²) in [5.74, 6) is 0. The summed E-state index contributed by atoms with van der Waals surface area (Å²) in [5, 5.41) is 0.556. The third kappa shape index (κ3) is 7.68. The van der Waals surface area contributed by atoms with Crippen molar-refractivity contribution in [3.8, 4) is 0 Å². The van der Waals surface area contributed by atoms with Crippen LogP contribution < -0.4 is 51.4 Å². The van der Waals surface area contributed by atoms with Crippen LogP contribution in [0, 0.1) is 0 Å². The van der Waals surface area contributed by atoms with Gasteiger partial charge in [0.2, 0.25) is 0 Å². The Hall–Kier alpha value is 1.80. The normalized spacial score (nSPS) is 24.4. The maximum absolute atomic E-state index is 12.2. The standard InChI is InChI=1S/C8H16BF3NS.K/c1-14-8-3-2-5-13(6-4-8)7-9(10,11)12;/h8H,2-7H2,1H3;/q-1;+1. The van der Waals surface area contributed by atoms with Gasteiger partial charge in [0.05, 0.1) is 0 Å². The van der Waals surface area contributed by atoms with E-state index in [2.05, 4.69) is 0 Å². The summed E-state index contributed by atoms with van der Waals surface area (Å²) in [5.41, 5.74) is 0. The van der Waals surface area contributed by atoms with Crippen molar-refractivity contribution in [2.75, 3.05) is 25.8 Å². The van der Waals surface area contributed by atoms with Crippen molar-refractivity contribution < 1.29 is 64.3 Å². The number of nitrogens with zero attached hydrogens (tertiary/aromatic N) is 1. The van der Waals surface area contributed by atoms with Crippen LogP contribution in [-0.4, -0.2) is 42.9 Å². The molecule has 1 heterocycles. The Bertz CT molecular complexity index is 182. The molecule has 0 saturated carbocycles. The Morgan fingerprint density at radius 1 is 1.27 bits per heavy atom.